The van der Waals surface area contributed by atoms with Crippen LogP contribution < -0.4 is 5.32 Å². The van der Waals surface area contributed by atoms with Gasteiger partial charge in [0.05, 0.1) is 6.04 Å². The van der Waals surface area contributed by atoms with Gasteiger partial charge in [-0.15, -0.1) is 0 Å². The maximum Gasteiger partial charge on any atom is 0.0592 e. The minimum atomic E-state index is 0.204. The molecule has 0 saturated carbocycles. The number of hydrogen-bond acceptors (Lipinski definition) is 2. The Hall–Kier alpha value is -1.67. The summed E-state index contributed by atoms with van der Waals surface area (Å²) in [7, 11) is 2.01. The molecule has 1 aromatic carbocycles. The van der Waals surface area contributed by atoms with Crippen molar-refractivity contribution in [1.82, 2.24) is 10.3 Å². The van der Waals surface area contributed by atoms with Crippen LogP contribution >= 0.6 is 0 Å². The maximum atomic E-state index is 4.40. The molecule has 1 heterocycles. The molecule has 2 nitrogen and oxygen atoms in total. The number of aromatic nitrogens is 1. The third kappa shape index (κ3) is 3.45. The smallest absolute Gasteiger partial charge is 0.0592 e. The van der Waals surface area contributed by atoms with E-state index in [0.717, 1.165) is 12.1 Å². The van der Waals surface area contributed by atoms with Gasteiger partial charge >= 0.3 is 0 Å². The van der Waals surface area contributed by atoms with Gasteiger partial charge in [0.1, 0.15) is 0 Å². The second kappa shape index (κ2) is 6.67. The number of nitrogens with one attached hydrogen (secondary N) is 1. The second-order valence-corrected chi connectivity index (χ2v) is 5.74. The van der Waals surface area contributed by atoms with Crippen molar-refractivity contribution in [3.8, 4) is 0 Å². The van der Waals surface area contributed by atoms with E-state index in [2.05, 4.69) is 61.4 Å². The molecule has 2 heteroatoms. The van der Waals surface area contributed by atoms with Crippen LogP contribution in [0.25, 0.3) is 0 Å². The fourth-order valence-corrected chi connectivity index (χ4v) is 2.67. The quantitative estimate of drug-likeness (QED) is 0.889. The van der Waals surface area contributed by atoms with Crippen molar-refractivity contribution in [2.75, 3.05) is 7.05 Å². The van der Waals surface area contributed by atoms with Gasteiger partial charge in [-0.1, -0.05) is 44.2 Å². The van der Waals surface area contributed by atoms with E-state index in [1.54, 1.807) is 0 Å². The molecule has 2 aromatic rings. The predicted octanol–water partition coefficient (Wildman–Crippen LogP) is 3.90. The molecule has 20 heavy (non-hydrogen) atoms. The third-order valence-corrected chi connectivity index (χ3v) is 3.58. The number of nitrogens with zero attached hydrogens (tertiary/aromatic N) is 1. The fraction of sp³-hybridized carbons (Fsp3) is 0.389. The van der Waals surface area contributed by atoms with Crippen LogP contribution in [0.3, 0.4) is 0 Å². The van der Waals surface area contributed by atoms with Crippen molar-refractivity contribution in [2.24, 2.45) is 5.92 Å². The van der Waals surface area contributed by atoms with Crippen molar-refractivity contribution in [3.05, 3.63) is 65.0 Å². The van der Waals surface area contributed by atoms with Gasteiger partial charge in [-0.25, -0.2) is 0 Å². The molecular weight excluding hydrogens is 244 g/mol. The SMILES string of the molecule is CNC(c1cccc(CC(C)C)c1)c1cccnc1C. The minimum Gasteiger partial charge on any atom is -0.309 e. The van der Waals surface area contributed by atoms with Crippen LogP contribution in [0, 0.1) is 12.8 Å². The molecule has 1 N–H and O–H groups in total. The Labute approximate surface area is 122 Å². The number of aryl methyl sites for hydroxylation is 1. The summed E-state index contributed by atoms with van der Waals surface area (Å²) in [6, 6.07) is 13.2. The summed E-state index contributed by atoms with van der Waals surface area (Å²) in [4.78, 5) is 4.40. The molecule has 0 spiro atoms. The first-order valence-corrected chi connectivity index (χ1v) is 7.29. The molecule has 0 aliphatic rings. The highest BCUT2D eigenvalue weighted by Crippen LogP contribution is 2.24. The number of pyridine rings is 1. The molecule has 0 saturated heterocycles. The average molecular weight is 268 g/mol. The van der Waals surface area contributed by atoms with Gasteiger partial charge < -0.3 is 5.32 Å². The van der Waals surface area contributed by atoms with E-state index < -0.39 is 0 Å². The third-order valence-electron chi connectivity index (χ3n) is 3.58. The number of hydrogen-bond donors (Lipinski definition) is 1. The van der Waals surface area contributed by atoms with Crippen molar-refractivity contribution < 1.29 is 0 Å². The highest BCUT2D eigenvalue weighted by atomic mass is 14.9. The number of rotatable bonds is 5. The zero-order valence-electron chi connectivity index (χ0n) is 12.9. The first-order chi connectivity index (χ1) is 9.61. The van der Waals surface area contributed by atoms with Crippen molar-refractivity contribution >= 4 is 0 Å². The van der Waals surface area contributed by atoms with Gasteiger partial charge in [0.2, 0.25) is 0 Å². The van der Waals surface area contributed by atoms with Crippen LogP contribution in [0.4, 0.5) is 0 Å². The highest BCUT2D eigenvalue weighted by molar-refractivity contribution is 5.36. The van der Waals surface area contributed by atoms with Crippen LogP contribution in [0.2, 0.25) is 0 Å². The molecule has 106 valence electrons. The molecule has 1 unspecified atom stereocenters. The summed E-state index contributed by atoms with van der Waals surface area (Å²) in [6.07, 6.45) is 2.97. The lowest BCUT2D eigenvalue weighted by atomic mass is 9.94. The first kappa shape index (κ1) is 14.7. The fourth-order valence-electron chi connectivity index (χ4n) is 2.67. The van der Waals surface area contributed by atoms with E-state index in [1.165, 1.54) is 16.7 Å². The Morgan fingerprint density at radius 1 is 1.15 bits per heavy atom. The van der Waals surface area contributed by atoms with E-state index >= 15 is 0 Å². The lowest BCUT2D eigenvalue weighted by Gasteiger charge is -2.19. The van der Waals surface area contributed by atoms with Gasteiger partial charge in [0.25, 0.3) is 0 Å². The zero-order chi connectivity index (χ0) is 14.5. The summed E-state index contributed by atoms with van der Waals surface area (Å²) < 4.78 is 0. The molecular formula is C18H24N2. The largest absolute Gasteiger partial charge is 0.309 e. The monoisotopic (exact) mass is 268 g/mol. The Balaban J connectivity index is 2.35. The molecule has 0 aliphatic heterocycles. The van der Waals surface area contributed by atoms with Gasteiger partial charge in [-0.05, 0) is 49.1 Å². The molecule has 2 rings (SSSR count). The van der Waals surface area contributed by atoms with E-state index in [1.807, 2.05) is 19.3 Å². The molecule has 0 amide bonds. The van der Waals surface area contributed by atoms with Crippen LogP contribution in [0.5, 0.6) is 0 Å². The molecule has 1 atom stereocenters. The average Bonchev–Trinajstić information content (AvgIpc) is 2.41. The van der Waals surface area contributed by atoms with E-state index in [4.69, 9.17) is 0 Å². The number of benzene rings is 1. The molecule has 0 radical (unpaired) electrons. The predicted molar refractivity (Wildman–Crippen MR) is 84.9 cm³/mol. The van der Waals surface area contributed by atoms with Crippen LogP contribution in [0.1, 0.15) is 42.3 Å². The van der Waals surface area contributed by atoms with E-state index in [0.29, 0.717) is 5.92 Å². The van der Waals surface area contributed by atoms with E-state index in [-0.39, 0.29) is 6.04 Å². The van der Waals surface area contributed by atoms with Crippen molar-refractivity contribution in [1.29, 1.82) is 0 Å². The van der Waals surface area contributed by atoms with Gasteiger partial charge in [0, 0.05) is 11.9 Å². The summed E-state index contributed by atoms with van der Waals surface area (Å²) in [5.41, 5.74) is 5.04. The summed E-state index contributed by atoms with van der Waals surface area (Å²) >= 11 is 0. The minimum absolute atomic E-state index is 0.204. The standard InChI is InChI=1S/C18H24N2/c1-13(2)11-15-7-5-8-16(12-15)18(19-4)17-9-6-10-20-14(17)3/h5-10,12-13,18-19H,11H2,1-4H3. The normalized spacial score (nSPS) is 12.7. The Kier molecular flexibility index (Phi) is 4.91. The second-order valence-electron chi connectivity index (χ2n) is 5.74. The van der Waals surface area contributed by atoms with Crippen molar-refractivity contribution in [3.63, 3.8) is 0 Å². The summed E-state index contributed by atoms with van der Waals surface area (Å²) in [5, 5.41) is 3.42. The van der Waals surface area contributed by atoms with Gasteiger partial charge in [0.15, 0.2) is 0 Å². The molecule has 0 bridgehead atoms. The van der Waals surface area contributed by atoms with E-state index in [9.17, 15) is 0 Å². The van der Waals surface area contributed by atoms with Gasteiger partial charge in [-0.2, -0.15) is 0 Å². The topological polar surface area (TPSA) is 24.9 Å². The Morgan fingerprint density at radius 2 is 1.95 bits per heavy atom. The Morgan fingerprint density at radius 3 is 2.60 bits per heavy atom. The molecule has 0 fully saturated rings. The molecule has 0 aliphatic carbocycles. The lowest BCUT2D eigenvalue weighted by Crippen LogP contribution is -2.19. The van der Waals surface area contributed by atoms with Crippen molar-refractivity contribution in [2.45, 2.75) is 33.2 Å². The van der Waals surface area contributed by atoms with Crippen LogP contribution in [0.15, 0.2) is 42.6 Å². The highest BCUT2D eigenvalue weighted by Gasteiger charge is 2.14. The lowest BCUT2D eigenvalue weighted by molar-refractivity contribution is 0.642. The Bertz CT molecular complexity index is 561. The van der Waals surface area contributed by atoms with Gasteiger partial charge in [-0.3, -0.25) is 4.98 Å². The van der Waals surface area contributed by atoms with Crippen LogP contribution in [-0.2, 0) is 6.42 Å². The van der Waals surface area contributed by atoms with Crippen LogP contribution in [-0.4, -0.2) is 12.0 Å². The summed E-state index contributed by atoms with van der Waals surface area (Å²) in [6.45, 7) is 6.58. The zero-order valence-corrected chi connectivity index (χ0v) is 12.9. The summed E-state index contributed by atoms with van der Waals surface area (Å²) in [5.74, 6) is 0.679. The maximum absolute atomic E-state index is 4.40. The molecule has 1 aromatic heterocycles. The first-order valence-electron chi connectivity index (χ1n) is 7.29.